The van der Waals surface area contributed by atoms with Gasteiger partial charge in [-0.15, -0.1) is 0 Å². The van der Waals surface area contributed by atoms with Gasteiger partial charge < -0.3 is 9.47 Å². The normalized spacial score (nSPS) is 21.6. The number of hydrogen-bond donors (Lipinski definition) is 0. The van der Waals surface area contributed by atoms with Gasteiger partial charge in [-0.25, -0.2) is 0 Å². The minimum Gasteiger partial charge on any atom is -0.487 e. The molecular formula is C12H20O2. The minimum atomic E-state index is 0.627. The van der Waals surface area contributed by atoms with Crippen LogP contribution in [0.1, 0.15) is 33.1 Å². The summed E-state index contributed by atoms with van der Waals surface area (Å²) >= 11 is 0. The van der Waals surface area contributed by atoms with Crippen molar-refractivity contribution in [1.82, 2.24) is 0 Å². The molecule has 1 saturated heterocycles. The predicted octanol–water partition coefficient (Wildman–Crippen LogP) is 3.26. The third-order valence-corrected chi connectivity index (χ3v) is 2.58. The third kappa shape index (κ3) is 3.44. The second kappa shape index (κ2) is 5.74. The van der Waals surface area contributed by atoms with Gasteiger partial charge in [0.25, 0.3) is 0 Å². The minimum absolute atomic E-state index is 0.627. The molecule has 1 heterocycles. The molecule has 1 aliphatic rings. The first-order valence-electron chi connectivity index (χ1n) is 5.39. The Bertz CT molecular complexity index is 218. The smallest absolute Gasteiger partial charge is 0.156 e. The molecule has 0 amide bonds. The summed E-state index contributed by atoms with van der Waals surface area (Å²) in [7, 11) is 0. The molecule has 1 fully saturated rings. The van der Waals surface area contributed by atoms with Crippen molar-refractivity contribution in [3.05, 3.63) is 24.2 Å². The molecule has 0 aliphatic carbocycles. The molecule has 1 rings (SSSR count). The molecule has 0 radical (unpaired) electrons. The van der Waals surface area contributed by atoms with Crippen LogP contribution in [0.25, 0.3) is 0 Å². The van der Waals surface area contributed by atoms with Crippen molar-refractivity contribution in [2.24, 2.45) is 5.92 Å². The summed E-state index contributed by atoms with van der Waals surface area (Å²) in [6, 6.07) is 0. The Morgan fingerprint density at radius 1 is 1.43 bits per heavy atom. The Labute approximate surface area is 86.6 Å². The maximum Gasteiger partial charge on any atom is 0.156 e. The van der Waals surface area contributed by atoms with E-state index in [1.165, 1.54) is 12.8 Å². The molecule has 1 aliphatic heterocycles. The molecule has 80 valence electrons. The van der Waals surface area contributed by atoms with Crippen LogP contribution < -0.4 is 0 Å². The average Bonchev–Trinajstić information content (AvgIpc) is 2.20. The lowest BCUT2D eigenvalue weighted by molar-refractivity contribution is 0.0598. The van der Waals surface area contributed by atoms with Gasteiger partial charge in [-0.2, -0.15) is 0 Å². The van der Waals surface area contributed by atoms with Gasteiger partial charge in [0, 0.05) is 0 Å². The van der Waals surface area contributed by atoms with Crippen molar-refractivity contribution >= 4 is 0 Å². The fraction of sp³-hybridized carbons (Fsp3) is 0.667. The largest absolute Gasteiger partial charge is 0.487 e. The maximum absolute atomic E-state index is 5.44. The second-order valence-corrected chi connectivity index (χ2v) is 3.78. The zero-order valence-electron chi connectivity index (χ0n) is 9.21. The van der Waals surface area contributed by atoms with Crippen molar-refractivity contribution in [3.8, 4) is 0 Å². The first-order valence-corrected chi connectivity index (χ1v) is 5.39. The third-order valence-electron chi connectivity index (χ3n) is 2.58. The van der Waals surface area contributed by atoms with E-state index in [0.717, 1.165) is 18.1 Å². The average molecular weight is 196 g/mol. The monoisotopic (exact) mass is 196 g/mol. The Kier molecular flexibility index (Phi) is 4.57. The summed E-state index contributed by atoms with van der Waals surface area (Å²) in [6.45, 7) is 9.56. The topological polar surface area (TPSA) is 18.5 Å². The molecule has 14 heavy (non-hydrogen) atoms. The highest BCUT2D eigenvalue weighted by molar-refractivity contribution is 5.17. The van der Waals surface area contributed by atoms with E-state index >= 15 is 0 Å². The molecular weight excluding hydrogens is 176 g/mol. The van der Waals surface area contributed by atoms with Crippen molar-refractivity contribution in [1.29, 1.82) is 0 Å². The van der Waals surface area contributed by atoms with E-state index in [-0.39, 0.29) is 0 Å². The molecule has 2 heteroatoms. The Morgan fingerprint density at radius 2 is 2.14 bits per heavy atom. The van der Waals surface area contributed by atoms with Crippen molar-refractivity contribution < 1.29 is 9.47 Å². The zero-order chi connectivity index (χ0) is 10.4. The van der Waals surface area contributed by atoms with Crippen molar-refractivity contribution in [2.45, 2.75) is 33.1 Å². The fourth-order valence-corrected chi connectivity index (χ4v) is 1.34. The van der Waals surface area contributed by atoms with Gasteiger partial charge in [-0.1, -0.05) is 26.8 Å². The van der Waals surface area contributed by atoms with Crippen molar-refractivity contribution in [2.75, 3.05) is 13.2 Å². The van der Waals surface area contributed by atoms with E-state index in [2.05, 4.69) is 26.5 Å². The van der Waals surface area contributed by atoms with E-state index in [0.29, 0.717) is 19.0 Å². The molecule has 1 unspecified atom stereocenters. The first-order chi connectivity index (χ1) is 6.74. The Balaban J connectivity index is 2.31. The van der Waals surface area contributed by atoms with Crippen LogP contribution in [0.4, 0.5) is 0 Å². The summed E-state index contributed by atoms with van der Waals surface area (Å²) in [5.74, 6) is 2.30. The summed E-state index contributed by atoms with van der Waals surface area (Å²) in [4.78, 5) is 0. The molecule has 1 atom stereocenters. The molecule has 0 aromatic carbocycles. The van der Waals surface area contributed by atoms with E-state index in [4.69, 9.17) is 9.47 Å². The van der Waals surface area contributed by atoms with Crippen LogP contribution in [-0.4, -0.2) is 13.2 Å². The van der Waals surface area contributed by atoms with Crippen LogP contribution in [0.15, 0.2) is 24.2 Å². The van der Waals surface area contributed by atoms with Crippen LogP contribution in [0, 0.1) is 5.92 Å². The molecule has 0 aromatic rings. The lowest BCUT2D eigenvalue weighted by Crippen LogP contribution is -2.13. The van der Waals surface area contributed by atoms with Gasteiger partial charge in [0.1, 0.15) is 13.2 Å². The quantitative estimate of drug-likeness (QED) is 0.687. The van der Waals surface area contributed by atoms with Crippen LogP contribution >= 0.6 is 0 Å². The highest BCUT2D eigenvalue weighted by Crippen LogP contribution is 2.18. The molecule has 0 spiro atoms. The van der Waals surface area contributed by atoms with Gasteiger partial charge in [-0.05, 0) is 24.8 Å². The molecule has 0 aromatic heterocycles. The van der Waals surface area contributed by atoms with E-state index < -0.39 is 0 Å². The lowest BCUT2D eigenvalue weighted by atomic mass is 10.0. The van der Waals surface area contributed by atoms with Crippen molar-refractivity contribution in [3.63, 3.8) is 0 Å². The highest BCUT2D eigenvalue weighted by atomic mass is 16.6. The zero-order valence-corrected chi connectivity index (χ0v) is 9.21. The van der Waals surface area contributed by atoms with Gasteiger partial charge in [0.15, 0.2) is 11.5 Å². The first kappa shape index (κ1) is 11.2. The Morgan fingerprint density at radius 3 is 2.79 bits per heavy atom. The van der Waals surface area contributed by atoms with E-state index in [1.54, 1.807) is 0 Å². The van der Waals surface area contributed by atoms with Gasteiger partial charge >= 0.3 is 0 Å². The fourth-order valence-electron chi connectivity index (χ4n) is 1.34. The van der Waals surface area contributed by atoms with E-state index in [1.807, 2.05) is 0 Å². The van der Waals surface area contributed by atoms with Gasteiger partial charge in [0.05, 0.1) is 0 Å². The number of rotatable bonds is 4. The van der Waals surface area contributed by atoms with Gasteiger partial charge in [-0.3, -0.25) is 0 Å². The summed E-state index contributed by atoms with van der Waals surface area (Å²) in [5.41, 5.74) is 0. The standard InChI is InChI=1S/C12H20O2/c1-4-10(2)6-5-7-12-11(3)13-8-9-14-12/h7,10H,3-6,8-9H2,1-2H3/b12-7+. The summed E-state index contributed by atoms with van der Waals surface area (Å²) in [6.07, 6.45) is 5.58. The SMILES string of the molecule is C=C1OCCO/C1=C/CCC(C)CC. The lowest BCUT2D eigenvalue weighted by Gasteiger charge is -2.19. The van der Waals surface area contributed by atoms with Crippen LogP contribution in [0.3, 0.4) is 0 Å². The van der Waals surface area contributed by atoms with Gasteiger partial charge in [0.2, 0.25) is 0 Å². The molecule has 0 N–H and O–H groups in total. The molecule has 0 bridgehead atoms. The predicted molar refractivity (Wildman–Crippen MR) is 57.8 cm³/mol. The molecule has 0 saturated carbocycles. The van der Waals surface area contributed by atoms with Crippen LogP contribution in [0.5, 0.6) is 0 Å². The van der Waals surface area contributed by atoms with Crippen LogP contribution in [0.2, 0.25) is 0 Å². The Hall–Kier alpha value is -0.920. The maximum atomic E-state index is 5.44. The van der Waals surface area contributed by atoms with Crippen LogP contribution in [-0.2, 0) is 9.47 Å². The summed E-state index contributed by atoms with van der Waals surface area (Å²) in [5, 5.41) is 0. The number of ether oxygens (including phenoxy) is 2. The summed E-state index contributed by atoms with van der Waals surface area (Å²) < 4.78 is 10.7. The second-order valence-electron chi connectivity index (χ2n) is 3.78. The molecule has 2 nitrogen and oxygen atoms in total. The number of allylic oxidation sites excluding steroid dienone is 1. The van der Waals surface area contributed by atoms with E-state index in [9.17, 15) is 0 Å². The number of hydrogen-bond acceptors (Lipinski definition) is 2. The highest BCUT2D eigenvalue weighted by Gasteiger charge is 2.10.